The molecule has 4 aromatic rings. The molecule has 0 aliphatic heterocycles. The molecule has 0 aliphatic rings. The average molecular weight is 545 g/mol. The molecule has 0 aliphatic carbocycles. The molecular formula is C30H29BrN2O3. The van der Waals surface area contributed by atoms with Crippen LogP contribution in [0.2, 0.25) is 0 Å². The molecule has 0 heterocycles. The van der Waals surface area contributed by atoms with Crippen LogP contribution < -0.4 is 14.9 Å². The fourth-order valence-electron chi connectivity index (χ4n) is 3.91. The van der Waals surface area contributed by atoms with E-state index in [1.54, 1.807) is 6.21 Å². The van der Waals surface area contributed by atoms with Crippen LogP contribution in [0.5, 0.6) is 11.5 Å². The van der Waals surface area contributed by atoms with Gasteiger partial charge in [0.1, 0.15) is 18.1 Å². The highest BCUT2D eigenvalue weighted by atomic mass is 79.9. The van der Waals surface area contributed by atoms with Gasteiger partial charge in [0.25, 0.3) is 5.91 Å². The molecule has 4 rings (SSSR count). The third kappa shape index (κ3) is 6.52. The Labute approximate surface area is 220 Å². The molecule has 5 nitrogen and oxygen atoms in total. The lowest BCUT2D eigenvalue weighted by Crippen LogP contribution is -2.25. The van der Waals surface area contributed by atoms with Crippen LogP contribution in [0.1, 0.15) is 42.0 Å². The quantitative estimate of drug-likeness (QED) is 0.180. The van der Waals surface area contributed by atoms with Crippen molar-refractivity contribution in [1.82, 2.24) is 5.43 Å². The number of rotatable bonds is 9. The van der Waals surface area contributed by atoms with Crippen LogP contribution in [0.15, 0.2) is 88.4 Å². The number of hydrazone groups is 1. The molecule has 0 radical (unpaired) electrons. The summed E-state index contributed by atoms with van der Waals surface area (Å²) in [5.41, 5.74) is 6.57. The van der Waals surface area contributed by atoms with Crippen LogP contribution in [0.4, 0.5) is 0 Å². The van der Waals surface area contributed by atoms with E-state index >= 15 is 0 Å². The highest BCUT2D eigenvalue weighted by Crippen LogP contribution is 2.28. The van der Waals surface area contributed by atoms with Crippen molar-refractivity contribution in [1.29, 1.82) is 0 Å². The van der Waals surface area contributed by atoms with Gasteiger partial charge in [-0.25, -0.2) is 5.43 Å². The monoisotopic (exact) mass is 544 g/mol. The zero-order chi connectivity index (χ0) is 25.5. The van der Waals surface area contributed by atoms with E-state index < -0.39 is 0 Å². The molecule has 184 valence electrons. The summed E-state index contributed by atoms with van der Waals surface area (Å²) in [5.74, 6) is 1.37. The highest BCUT2D eigenvalue weighted by molar-refractivity contribution is 9.10. The van der Waals surface area contributed by atoms with Crippen molar-refractivity contribution in [3.63, 3.8) is 0 Å². The Morgan fingerprint density at radius 3 is 2.61 bits per heavy atom. The van der Waals surface area contributed by atoms with Crippen LogP contribution >= 0.6 is 15.9 Å². The van der Waals surface area contributed by atoms with E-state index in [1.807, 2.05) is 85.8 Å². The zero-order valence-electron chi connectivity index (χ0n) is 20.6. The van der Waals surface area contributed by atoms with Crippen molar-refractivity contribution in [2.24, 2.45) is 5.10 Å². The van der Waals surface area contributed by atoms with E-state index in [1.165, 1.54) is 0 Å². The number of carbonyl (C=O) groups excluding carboxylic acids is 1. The van der Waals surface area contributed by atoms with E-state index in [-0.39, 0.29) is 12.5 Å². The first-order valence-corrected chi connectivity index (χ1v) is 12.6. The smallest absolute Gasteiger partial charge is 0.277 e. The van der Waals surface area contributed by atoms with Crippen LogP contribution in [0.25, 0.3) is 10.8 Å². The largest absolute Gasteiger partial charge is 0.488 e. The molecule has 0 atom stereocenters. The van der Waals surface area contributed by atoms with Crippen molar-refractivity contribution in [2.45, 2.75) is 33.3 Å². The van der Waals surface area contributed by atoms with Crippen molar-refractivity contribution >= 4 is 38.8 Å². The molecule has 0 saturated carbocycles. The van der Waals surface area contributed by atoms with E-state index in [2.05, 4.69) is 40.3 Å². The molecule has 0 aromatic heterocycles. The Morgan fingerprint density at radius 2 is 1.81 bits per heavy atom. The molecular weight excluding hydrogens is 516 g/mol. The first kappa shape index (κ1) is 25.5. The van der Waals surface area contributed by atoms with Crippen molar-refractivity contribution in [3.8, 4) is 11.5 Å². The molecule has 0 saturated heterocycles. The molecule has 0 spiro atoms. The highest BCUT2D eigenvalue weighted by Gasteiger charge is 2.11. The second-order valence-electron chi connectivity index (χ2n) is 8.89. The topological polar surface area (TPSA) is 59.9 Å². The molecule has 1 N–H and O–H groups in total. The lowest BCUT2D eigenvalue weighted by molar-refractivity contribution is -0.123. The van der Waals surface area contributed by atoms with Gasteiger partial charge in [-0.05, 0) is 64.6 Å². The summed E-state index contributed by atoms with van der Waals surface area (Å²) in [7, 11) is 0. The maximum Gasteiger partial charge on any atom is 0.277 e. The normalized spacial score (nSPS) is 11.2. The molecule has 0 fully saturated rings. The van der Waals surface area contributed by atoms with Gasteiger partial charge >= 0.3 is 0 Å². The number of nitrogens with zero attached hydrogens (tertiary/aromatic N) is 1. The minimum Gasteiger partial charge on any atom is -0.488 e. The molecule has 36 heavy (non-hydrogen) atoms. The summed E-state index contributed by atoms with van der Waals surface area (Å²) in [6.07, 6.45) is 1.63. The number of amides is 1. The van der Waals surface area contributed by atoms with Gasteiger partial charge in [-0.3, -0.25) is 4.79 Å². The van der Waals surface area contributed by atoms with E-state index in [4.69, 9.17) is 9.47 Å². The maximum atomic E-state index is 12.5. The Morgan fingerprint density at radius 1 is 0.972 bits per heavy atom. The molecule has 0 bridgehead atoms. The summed E-state index contributed by atoms with van der Waals surface area (Å²) < 4.78 is 13.0. The number of hydrogen-bond acceptors (Lipinski definition) is 4. The first-order valence-electron chi connectivity index (χ1n) is 11.8. The SMILES string of the molecule is Cc1ccc(C(C)C)c(OCC(=O)N/N=C/c2c(OCc3cccc(Br)c3)ccc3ccccc23)c1. The van der Waals surface area contributed by atoms with E-state index in [0.29, 0.717) is 18.3 Å². The fourth-order valence-corrected chi connectivity index (χ4v) is 4.36. The van der Waals surface area contributed by atoms with Gasteiger partial charge in [0.15, 0.2) is 6.61 Å². The second-order valence-corrected chi connectivity index (χ2v) is 9.81. The van der Waals surface area contributed by atoms with E-state index in [0.717, 1.165) is 43.2 Å². The van der Waals surface area contributed by atoms with Gasteiger partial charge in [-0.2, -0.15) is 5.10 Å². The lowest BCUT2D eigenvalue weighted by Gasteiger charge is -2.14. The molecule has 0 unspecified atom stereocenters. The van der Waals surface area contributed by atoms with E-state index in [9.17, 15) is 4.79 Å². The van der Waals surface area contributed by atoms with Crippen LogP contribution in [-0.2, 0) is 11.4 Å². The number of halogens is 1. The van der Waals surface area contributed by atoms with Gasteiger partial charge in [-0.1, -0.05) is 84.4 Å². The Hall–Kier alpha value is -3.64. The van der Waals surface area contributed by atoms with Crippen molar-refractivity contribution in [2.75, 3.05) is 6.61 Å². The van der Waals surface area contributed by atoms with Crippen molar-refractivity contribution in [3.05, 3.63) is 106 Å². The number of hydrogen-bond donors (Lipinski definition) is 1. The number of aryl methyl sites for hydroxylation is 1. The number of nitrogens with one attached hydrogen (secondary N) is 1. The summed E-state index contributed by atoms with van der Waals surface area (Å²) in [6.45, 7) is 6.49. The Kier molecular flexibility index (Phi) is 8.39. The number of ether oxygens (including phenoxy) is 2. The summed E-state index contributed by atoms with van der Waals surface area (Å²) >= 11 is 3.50. The van der Waals surface area contributed by atoms with Gasteiger partial charge in [0.05, 0.1) is 6.21 Å². The van der Waals surface area contributed by atoms with Crippen LogP contribution in [0.3, 0.4) is 0 Å². The fraction of sp³-hybridized carbons (Fsp3) is 0.200. The first-order chi connectivity index (χ1) is 17.4. The third-order valence-electron chi connectivity index (χ3n) is 5.75. The third-order valence-corrected chi connectivity index (χ3v) is 6.24. The second kappa shape index (κ2) is 11.9. The Bertz CT molecular complexity index is 1400. The minimum atomic E-state index is -0.334. The molecule has 1 amide bonds. The predicted octanol–water partition coefficient (Wildman–Crippen LogP) is 7.14. The van der Waals surface area contributed by atoms with Gasteiger partial charge in [0, 0.05) is 10.0 Å². The number of carbonyl (C=O) groups is 1. The molecule has 4 aromatic carbocycles. The minimum absolute atomic E-state index is 0.123. The summed E-state index contributed by atoms with van der Waals surface area (Å²) in [4.78, 5) is 12.5. The zero-order valence-corrected chi connectivity index (χ0v) is 22.2. The average Bonchev–Trinajstić information content (AvgIpc) is 2.86. The Balaban J connectivity index is 1.47. The molecule has 6 heteroatoms. The van der Waals surface area contributed by atoms with Gasteiger partial charge in [0.2, 0.25) is 0 Å². The summed E-state index contributed by atoms with van der Waals surface area (Å²) in [5, 5.41) is 6.26. The standard InChI is InChI=1S/C30H29BrN2O3/c1-20(2)25-13-11-21(3)15-29(25)36-19-30(34)33-32-17-27-26-10-5-4-8-23(26)12-14-28(27)35-18-22-7-6-9-24(31)16-22/h4-17,20H,18-19H2,1-3H3,(H,33,34)/b32-17+. The number of benzene rings is 4. The number of fused-ring (bicyclic) bond motifs is 1. The van der Waals surface area contributed by atoms with Gasteiger partial charge in [-0.15, -0.1) is 0 Å². The predicted molar refractivity (Wildman–Crippen MR) is 149 cm³/mol. The van der Waals surface area contributed by atoms with Crippen LogP contribution in [-0.4, -0.2) is 18.7 Å². The summed E-state index contributed by atoms with van der Waals surface area (Å²) in [6, 6.07) is 26.0. The van der Waals surface area contributed by atoms with Gasteiger partial charge < -0.3 is 9.47 Å². The van der Waals surface area contributed by atoms with Crippen LogP contribution in [0, 0.1) is 6.92 Å². The lowest BCUT2D eigenvalue weighted by atomic mass is 10.0. The maximum absolute atomic E-state index is 12.5. The van der Waals surface area contributed by atoms with Crippen molar-refractivity contribution < 1.29 is 14.3 Å².